The van der Waals surface area contributed by atoms with Crippen LogP contribution >= 0.6 is 34.4 Å². The number of rotatable bonds is 6. The lowest BCUT2D eigenvalue weighted by Gasteiger charge is -2.25. The number of amides is 2. The number of benzene rings is 2. The Morgan fingerprint density at radius 3 is 2.68 bits per heavy atom. The first kappa shape index (κ1) is 22.3. The van der Waals surface area contributed by atoms with Gasteiger partial charge >= 0.3 is 0 Å². The van der Waals surface area contributed by atoms with Crippen molar-refractivity contribution in [2.45, 2.75) is 38.7 Å². The SMILES string of the molecule is O=C1S/C(=C/c2ccc(OCc3cccc(F)c3)c(I)c2)C(=O)N1CC1CCCCC1. The van der Waals surface area contributed by atoms with E-state index in [-0.39, 0.29) is 23.6 Å². The van der Waals surface area contributed by atoms with Crippen molar-refractivity contribution in [2.75, 3.05) is 6.54 Å². The maximum atomic E-state index is 13.3. The molecule has 0 radical (unpaired) electrons. The first-order valence-electron chi connectivity index (χ1n) is 10.4. The van der Waals surface area contributed by atoms with E-state index in [9.17, 15) is 14.0 Å². The Labute approximate surface area is 199 Å². The molecule has 4 nitrogen and oxygen atoms in total. The molecule has 2 aromatic rings. The van der Waals surface area contributed by atoms with Crippen LogP contribution in [-0.4, -0.2) is 22.6 Å². The molecule has 4 rings (SSSR count). The molecule has 0 spiro atoms. The van der Waals surface area contributed by atoms with E-state index in [4.69, 9.17) is 4.74 Å². The van der Waals surface area contributed by atoms with Gasteiger partial charge in [-0.15, -0.1) is 0 Å². The van der Waals surface area contributed by atoms with Gasteiger partial charge in [0.1, 0.15) is 18.2 Å². The second-order valence-corrected chi connectivity index (χ2v) is 10.1. The third-order valence-corrected chi connectivity index (χ3v) is 7.33. The molecule has 1 saturated carbocycles. The summed E-state index contributed by atoms with van der Waals surface area (Å²) in [4.78, 5) is 27.1. The van der Waals surface area contributed by atoms with Crippen LogP contribution in [-0.2, 0) is 11.4 Å². The number of imide groups is 1. The van der Waals surface area contributed by atoms with Gasteiger partial charge in [0.15, 0.2) is 0 Å². The van der Waals surface area contributed by atoms with Gasteiger partial charge in [-0.25, -0.2) is 4.39 Å². The van der Waals surface area contributed by atoms with E-state index in [0.29, 0.717) is 23.1 Å². The predicted octanol–water partition coefficient (Wildman–Crippen LogP) is 6.63. The zero-order valence-corrected chi connectivity index (χ0v) is 20.0. The minimum Gasteiger partial charge on any atom is -0.488 e. The van der Waals surface area contributed by atoms with Gasteiger partial charge in [-0.05, 0) is 94.6 Å². The third kappa shape index (κ3) is 5.68. The molecule has 0 atom stereocenters. The zero-order chi connectivity index (χ0) is 21.8. The standard InChI is InChI=1S/C24H23FINO3S/c25-19-8-4-7-18(11-19)15-30-21-10-9-17(12-20(21)26)13-22-23(28)27(24(29)31-22)14-16-5-2-1-3-6-16/h4,7-13,16H,1-3,5-6,14-15H2/b22-13+. The molecule has 0 aromatic heterocycles. The summed E-state index contributed by atoms with van der Waals surface area (Å²) in [5, 5.41) is -0.174. The Morgan fingerprint density at radius 1 is 1.13 bits per heavy atom. The summed E-state index contributed by atoms with van der Waals surface area (Å²) in [6.45, 7) is 0.805. The van der Waals surface area contributed by atoms with Crippen LogP contribution in [0.1, 0.15) is 43.2 Å². The second kappa shape index (κ2) is 10.2. The summed E-state index contributed by atoms with van der Waals surface area (Å²) >= 11 is 3.19. The highest BCUT2D eigenvalue weighted by Crippen LogP contribution is 2.35. The summed E-state index contributed by atoms with van der Waals surface area (Å²) in [5.41, 5.74) is 1.59. The minimum absolute atomic E-state index is 0.174. The van der Waals surface area contributed by atoms with Crippen molar-refractivity contribution in [3.05, 3.63) is 67.9 Å². The Bertz CT molecular complexity index is 1020. The zero-order valence-electron chi connectivity index (χ0n) is 17.0. The molecular formula is C24H23FINO3S. The summed E-state index contributed by atoms with van der Waals surface area (Å²) in [5.74, 6) is 0.634. The normalized spacial score (nSPS) is 18.8. The van der Waals surface area contributed by atoms with Crippen molar-refractivity contribution in [2.24, 2.45) is 5.92 Å². The van der Waals surface area contributed by atoms with Gasteiger partial charge in [-0.3, -0.25) is 14.5 Å². The Hall–Kier alpha value is -1.87. The average molecular weight is 551 g/mol. The average Bonchev–Trinajstić information content (AvgIpc) is 3.01. The number of carbonyl (C=O) groups excluding carboxylic acids is 2. The van der Waals surface area contributed by atoms with E-state index in [1.807, 2.05) is 24.3 Å². The molecule has 162 valence electrons. The summed E-state index contributed by atoms with van der Waals surface area (Å²) in [7, 11) is 0. The highest BCUT2D eigenvalue weighted by molar-refractivity contribution is 14.1. The molecule has 0 bridgehead atoms. The molecule has 7 heteroatoms. The smallest absolute Gasteiger partial charge is 0.293 e. The predicted molar refractivity (Wildman–Crippen MR) is 129 cm³/mol. The van der Waals surface area contributed by atoms with Gasteiger partial charge in [0.25, 0.3) is 11.1 Å². The van der Waals surface area contributed by atoms with Gasteiger partial charge in [0, 0.05) is 6.54 Å². The maximum Gasteiger partial charge on any atom is 0.293 e. The fraction of sp³-hybridized carbons (Fsp3) is 0.333. The number of thioether (sulfide) groups is 1. The summed E-state index contributed by atoms with van der Waals surface area (Å²) in [6.07, 6.45) is 7.57. The number of ether oxygens (including phenoxy) is 1. The van der Waals surface area contributed by atoms with Crippen LogP contribution in [0.5, 0.6) is 5.75 Å². The molecule has 1 aliphatic carbocycles. The van der Waals surface area contributed by atoms with Crippen LogP contribution < -0.4 is 4.74 Å². The molecule has 2 aromatic carbocycles. The summed E-state index contributed by atoms with van der Waals surface area (Å²) in [6, 6.07) is 11.9. The lowest BCUT2D eigenvalue weighted by molar-refractivity contribution is -0.123. The van der Waals surface area contributed by atoms with Crippen LogP contribution in [0.15, 0.2) is 47.4 Å². The van der Waals surface area contributed by atoms with Crippen LogP contribution in [0.25, 0.3) is 6.08 Å². The molecule has 1 aliphatic heterocycles. The number of hydrogen-bond acceptors (Lipinski definition) is 4. The molecule has 1 saturated heterocycles. The second-order valence-electron chi connectivity index (χ2n) is 7.90. The molecule has 2 fully saturated rings. The van der Waals surface area contributed by atoms with Crippen molar-refractivity contribution in [3.63, 3.8) is 0 Å². The largest absolute Gasteiger partial charge is 0.488 e. The molecule has 31 heavy (non-hydrogen) atoms. The topological polar surface area (TPSA) is 46.6 Å². The van der Waals surface area contributed by atoms with E-state index in [1.54, 1.807) is 12.1 Å². The maximum absolute atomic E-state index is 13.3. The number of halogens is 2. The van der Waals surface area contributed by atoms with Crippen LogP contribution in [0.4, 0.5) is 9.18 Å². The quantitative estimate of drug-likeness (QED) is 0.299. The van der Waals surface area contributed by atoms with E-state index in [1.165, 1.54) is 36.3 Å². The fourth-order valence-electron chi connectivity index (χ4n) is 3.95. The van der Waals surface area contributed by atoms with E-state index < -0.39 is 0 Å². The van der Waals surface area contributed by atoms with Crippen molar-refractivity contribution < 1.29 is 18.7 Å². The third-order valence-electron chi connectivity index (χ3n) is 5.58. The van der Waals surface area contributed by atoms with E-state index in [0.717, 1.165) is 39.3 Å². The number of hydrogen-bond donors (Lipinski definition) is 0. The fourth-order valence-corrected chi connectivity index (χ4v) is 5.49. The first-order valence-corrected chi connectivity index (χ1v) is 12.3. The summed E-state index contributed by atoms with van der Waals surface area (Å²) < 4.78 is 20.0. The minimum atomic E-state index is -0.288. The molecule has 0 N–H and O–H groups in total. The van der Waals surface area contributed by atoms with Crippen molar-refractivity contribution in [3.8, 4) is 5.75 Å². The molecule has 0 unspecified atom stereocenters. The lowest BCUT2D eigenvalue weighted by Crippen LogP contribution is -2.34. The number of nitrogens with zero attached hydrogens (tertiary/aromatic N) is 1. The van der Waals surface area contributed by atoms with Gasteiger partial charge in [-0.2, -0.15) is 0 Å². The van der Waals surface area contributed by atoms with Gasteiger partial charge in [0.05, 0.1) is 8.48 Å². The van der Waals surface area contributed by atoms with Crippen molar-refractivity contribution in [1.82, 2.24) is 4.90 Å². The lowest BCUT2D eigenvalue weighted by atomic mass is 9.89. The van der Waals surface area contributed by atoms with Crippen LogP contribution in [0.2, 0.25) is 0 Å². The molecule has 2 amide bonds. The van der Waals surface area contributed by atoms with E-state index >= 15 is 0 Å². The van der Waals surface area contributed by atoms with Gasteiger partial charge in [0.2, 0.25) is 0 Å². The first-order chi connectivity index (χ1) is 15.0. The Balaban J connectivity index is 1.41. The van der Waals surface area contributed by atoms with Crippen molar-refractivity contribution >= 4 is 51.6 Å². The van der Waals surface area contributed by atoms with Crippen LogP contribution in [0, 0.1) is 15.3 Å². The van der Waals surface area contributed by atoms with E-state index in [2.05, 4.69) is 22.6 Å². The molecule has 2 aliphatic rings. The highest BCUT2D eigenvalue weighted by atomic mass is 127. The Morgan fingerprint density at radius 2 is 1.94 bits per heavy atom. The van der Waals surface area contributed by atoms with Gasteiger partial charge < -0.3 is 4.74 Å². The molecular weight excluding hydrogens is 528 g/mol. The number of carbonyl (C=O) groups is 2. The molecule has 1 heterocycles. The highest BCUT2D eigenvalue weighted by Gasteiger charge is 2.36. The van der Waals surface area contributed by atoms with Crippen LogP contribution in [0.3, 0.4) is 0 Å². The van der Waals surface area contributed by atoms with Gasteiger partial charge in [-0.1, -0.05) is 37.5 Å². The Kier molecular flexibility index (Phi) is 7.32. The van der Waals surface area contributed by atoms with Crippen molar-refractivity contribution in [1.29, 1.82) is 0 Å². The monoisotopic (exact) mass is 551 g/mol.